The van der Waals surface area contributed by atoms with Crippen LogP contribution >= 0.6 is 12.4 Å². The zero-order chi connectivity index (χ0) is 15.8. The lowest BCUT2D eigenvalue weighted by Gasteiger charge is -2.19. The Hall–Kier alpha value is -1.71. The van der Waals surface area contributed by atoms with Gasteiger partial charge in [0, 0.05) is 12.6 Å². The van der Waals surface area contributed by atoms with Crippen LogP contribution < -0.4 is 14.8 Å². The summed E-state index contributed by atoms with van der Waals surface area (Å²) >= 11 is 0. The van der Waals surface area contributed by atoms with E-state index in [-0.39, 0.29) is 12.4 Å². The van der Waals surface area contributed by atoms with E-state index in [4.69, 9.17) is 9.47 Å². The monoisotopic (exact) mass is 335 g/mol. The van der Waals surface area contributed by atoms with E-state index in [1.54, 1.807) is 14.2 Å². The highest BCUT2D eigenvalue weighted by molar-refractivity contribution is 5.85. The molecule has 2 rings (SSSR count). The van der Waals surface area contributed by atoms with Gasteiger partial charge in [0.2, 0.25) is 0 Å². The number of benzene rings is 2. The number of halogens is 1. The van der Waals surface area contributed by atoms with Crippen LogP contribution in [-0.2, 0) is 6.54 Å². The van der Waals surface area contributed by atoms with Gasteiger partial charge in [-0.1, -0.05) is 49.7 Å². The van der Waals surface area contributed by atoms with Crippen molar-refractivity contribution in [3.05, 3.63) is 59.7 Å². The summed E-state index contributed by atoms with van der Waals surface area (Å²) in [5.41, 5.74) is 2.53. The Morgan fingerprint density at radius 1 is 0.957 bits per heavy atom. The van der Waals surface area contributed by atoms with Crippen LogP contribution in [0.5, 0.6) is 11.5 Å². The summed E-state index contributed by atoms with van der Waals surface area (Å²) in [6.45, 7) is 3.02. The number of ether oxygens (including phenoxy) is 2. The highest BCUT2D eigenvalue weighted by Crippen LogP contribution is 2.28. The normalized spacial score (nSPS) is 11.4. The van der Waals surface area contributed by atoms with Crippen molar-refractivity contribution in [2.45, 2.75) is 32.4 Å². The average molecular weight is 336 g/mol. The molecule has 3 nitrogen and oxygen atoms in total. The fraction of sp³-hybridized carbons (Fsp3) is 0.368. The molecule has 23 heavy (non-hydrogen) atoms. The maximum atomic E-state index is 5.36. The summed E-state index contributed by atoms with van der Waals surface area (Å²) in [7, 11) is 3.32. The quantitative estimate of drug-likeness (QED) is 0.754. The Balaban J connectivity index is 0.00000264. The maximum Gasteiger partial charge on any atom is 0.161 e. The number of hydrogen-bond acceptors (Lipinski definition) is 3. The lowest BCUT2D eigenvalue weighted by molar-refractivity contribution is 0.354. The molecule has 0 aliphatic heterocycles. The third-order valence-electron chi connectivity index (χ3n) is 3.78. The summed E-state index contributed by atoms with van der Waals surface area (Å²) in [6, 6.07) is 17.0. The smallest absolute Gasteiger partial charge is 0.161 e. The van der Waals surface area contributed by atoms with Crippen LogP contribution in [-0.4, -0.2) is 14.2 Å². The molecular weight excluding hydrogens is 310 g/mol. The first-order valence-corrected chi connectivity index (χ1v) is 7.77. The molecule has 1 unspecified atom stereocenters. The van der Waals surface area contributed by atoms with Crippen LogP contribution in [0.25, 0.3) is 0 Å². The van der Waals surface area contributed by atoms with Crippen molar-refractivity contribution < 1.29 is 9.47 Å². The Labute approximate surface area is 145 Å². The van der Waals surface area contributed by atoms with Gasteiger partial charge in [-0.25, -0.2) is 0 Å². The summed E-state index contributed by atoms with van der Waals surface area (Å²) in [5, 5.41) is 3.65. The number of methoxy groups -OCH3 is 2. The zero-order valence-electron chi connectivity index (χ0n) is 14.0. The fourth-order valence-corrected chi connectivity index (χ4v) is 2.59. The first-order valence-electron chi connectivity index (χ1n) is 7.77. The Bertz CT molecular complexity index is 575. The molecule has 4 heteroatoms. The Morgan fingerprint density at radius 2 is 1.65 bits per heavy atom. The van der Waals surface area contributed by atoms with Gasteiger partial charge < -0.3 is 14.8 Å². The largest absolute Gasteiger partial charge is 0.493 e. The summed E-state index contributed by atoms with van der Waals surface area (Å²) < 4.78 is 10.6. The van der Waals surface area contributed by atoms with Crippen molar-refractivity contribution in [2.75, 3.05) is 14.2 Å². The molecule has 126 valence electrons. The van der Waals surface area contributed by atoms with Gasteiger partial charge in [-0.15, -0.1) is 12.4 Å². The minimum atomic E-state index is 0. The first-order chi connectivity index (χ1) is 10.8. The molecule has 0 radical (unpaired) electrons. The predicted molar refractivity (Wildman–Crippen MR) is 97.7 cm³/mol. The molecule has 0 fully saturated rings. The van der Waals surface area contributed by atoms with Gasteiger partial charge in [0.05, 0.1) is 14.2 Å². The molecular formula is C19H26ClNO2. The van der Waals surface area contributed by atoms with Crippen LogP contribution in [0.1, 0.15) is 36.9 Å². The van der Waals surface area contributed by atoms with Crippen molar-refractivity contribution in [1.29, 1.82) is 0 Å². The number of nitrogens with one attached hydrogen (secondary N) is 1. The highest BCUT2D eigenvalue weighted by atomic mass is 35.5. The molecule has 2 aromatic carbocycles. The molecule has 0 saturated heterocycles. The fourth-order valence-electron chi connectivity index (χ4n) is 2.59. The van der Waals surface area contributed by atoms with Crippen molar-refractivity contribution in [3.8, 4) is 11.5 Å². The average Bonchev–Trinajstić information content (AvgIpc) is 2.59. The van der Waals surface area contributed by atoms with Gasteiger partial charge in [0.1, 0.15) is 0 Å². The molecule has 0 amide bonds. The van der Waals surface area contributed by atoms with Gasteiger partial charge in [0.15, 0.2) is 11.5 Å². The summed E-state index contributed by atoms with van der Waals surface area (Å²) in [5.74, 6) is 1.54. The Kier molecular flexibility index (Phi) is 8.52. The minimum Gasteiger partial charge on any atom is -0.493 e. The van der Waals surface area contributed by atoms with Crippen LogP contribution in [0.4, 0.5) is 0 Å². The van der Waals surface area contributed by atoms with E-state index in [1.807, 2.05) is 12.1 Å². The van der Waals surface area contributed by atoms with Crippen molar-refractivity contribution >= 4 is 12.4 Å². The Morgan fingerprint density at radius 3 is 2.26 bits per heavy atom. The molecule has 0 spiro atoms. The molecule has 1 atom stereocenters. The lowest BCUT2D eigenvalue weighted by Crippen LogP contribution is -2.20. The lowest BCUT2D eigenvalue weighted by atomic mass is 10.0. The van der Waals surface area contributed by atoms with Gasteiger partial charge in [-0.3, -0.25) is 0 Å². The second-order valence-corrected chi connectivity index (χ2v) is 5.32. The molecule has 0 heterocycles. The van der Waals surface area contributed by atoms with Crippen molar-refractivity contribution in [2.24, 2.45) is 0 Å². The van der Waals surface area contributed by atoms with E-state index in [0.29, 0.717) is 6.04 Å². The van der Waals surface area contributed by atoms with Gasteiger partial charge in [0.25, 0.3) is 0 Å². The van der Waals surface area contributed by atoms with E-state index in [2.05, 4.69) is 48.6 Å². The molecule has 1 N–H and O–H groups in total. The molecule has 0 aliphatic carbocycles. The van der Waals surface area contributed by atoms with Crippen LogP contribution in [0.3, 0.4) is 0 Å². The summed E-state index contributed by atoms with van der Waals surface area (Å²) in [6.07, 6.45) is 2.27. The predicted octanol–water partition coefficient (Wildman–Crippen LogP) is 4.76. The third kappa shape index (κ3) is 5.45. The van der Waals surface area contributed by atoms with E-state index in [0.717, 1.165) is 30.9 Å². The minimum absolute atomic E-state index is 0. The van der Waals surface area contributed by atoms with Crippen molar-refractivity contribution in [3.63, 3.8) is 0 Å². The highest BCUT2D eigenvalue weighted by Gasteiger charge is 2.10. The van der Waals surface area contributed by atoms with E-state index >= 15 is 0 Å². The SMILES string of the molecule is CCCC(NCc1ccc(OC)c(OC)c1)c1ccccc1.Cl. The van der Waals surface area contributed by atoms with Gasteiger partial charge in [-0.05, 0) is 29.7 Å². The first kappa shape index (κ1) is 19.3. The van der Waals surface area contributed by atoms with E-state index < -0.39 is 0 Å². The second kappa shape index (κ2) is 10.1. The molecule has 0 saturated carbocycles. The van der Waals surface area contributed by atoms with Gasteiger partial charge in [-0.2, -0.15) is 0 Å². The van der Waals surface area contributed by atoms with Gasteiger partial charge >= 0.3 is 0 Å². The van der Waals surface area contributed by atoms with Crippen LogP contribution in [0, 0.1) is 0 Å². The van der Waals surface area contributed by atoms with E-state index in [1.165, 1.54) is 11.1 Å². The third-order valence-corrected chi connectivity index (χ3v) is 3.78. The summed E-state index contributed by atoms with van der Waals surface area (Å²) in [4.78, 5) is 0. The maximum absolute atomic E-state index is 5.36. The van der Waals surface area contributed by atoms with Crippen LogP contribution in [0.15, 0.2) is 48.5 Å². The second-order valence-electron chi connectivity index (χ2n) is 5.32. The molecule has 2 aromatic rings. The molecule has 0 bridgehead atoms. The standard InChI is InChI=1S/C19H25NO2.ClH/c1-4-8-17(16-9-6-5-7-10-16)20-14-15-11-12-18(21-2)19(13-15)22-3;/h5-7,9-13,17,20H,4,8,14H2,1-3H3;1H. The van der Waals surface area contributed by atoms with Crippen LogP contribution in [0.2, 0.25) is 0 Å². The van der Waals surface area contributed by atoms with Crippen molar-refractivity contribution in [1.82, 2.24) is 5.32 Å². The molecule has 0 aliphatic rings. The van der Waals surface area contributed by atoms with E-state index in [9.17, 15) is 0 Å². The number of hydrogen-bond donors (Lipinski definition) is 1. The topological polar surface area (TPSA) is 30.5 Å². The zero-order valence-corrected chi connectivity index (χ0v) is 14.9. The number of rotatable bonds is 8. The molecule has 0 aromatic heterocycles.